The summed E-state index contributed by atoms with van der Waals surface area (Å²) in [6.07, 6.45) is 4.59. The first-order chi connectivity index (χ1) is 9.16. The third-order valence-corrected chi connectivity index (χ3v) is 3.15. The van der Waals surface area contributed by atoms with E-state index in [9.17, 15) is 4.79 Å². The van der Waals surface area contributed by atoms with Crippen molar-refractivity contribution in [2.24, 2.45) is 0 Å². The summed E-state index contributed by atoms with van der Waals surface area (Å²) in [6.45, 7) is 0. The van der Waals surface area contributed by atoms with E-state index in [1.807, 2.05) is 0 Å². The van der Waals surface area contributed by atoms with Crippen LogP contribution in [0.5, 0.6) is 0 Å². The molecule has 0 saturated heterocycles. The predicted octanol–water partition coefficient (Wildman–Crippen LogP) is 4.04. The second-order valence-electron chi connectivity index (χ2n) is 3.68. The van der Waals surface area contributed by atoms with Gasteiger partial charge < -0.3 is 5.32 Å². The zero-order valence-electron chi connectivity index (χ0n) is 9.81. The van der Waals surface area contributed by atoms with Crippen LogP contribution in [0.3, 0.4) is 0 Å². The highest BCUT2D eigenvalue weighted by atomic mass is 35.5. The molecule has 2 aromatic rings. The third kappa shape index (κ3) is 3.81. The van der Waals surface area contributed by atoms with Gasteiger partial charge in [0.1, 0.15) is 5.82 Å². The Morgan fingerprint density at radius 2 is 2.00 bits per heavy atom. The fourth-order valence-electron chi connectivity index (χ4n) is 1.42. The van der Waals surface area contributed by atoms with Crippen LogP contribution in [0.15, 0.2) is 48.7 Å². The molecule has 0 saturated carbocycles. The maximum absolute atomic E-state index is 11.7. The van der Waals surface area contributed by atoms with Crippen molar-refractivity contribution in [3.8, 4) is 0 Å². The number of amides is 1. The fraction of sp³-hybridized carbons (Fsp3) is 0. The number of hydrogen-bond acceptors (Lipinski definition) is 2. The standard InChI is InChI=1S/C14H10Cl2N2O/c15-11-5-3-4-10(14(11)16)7-8-13(19)18-12-6-1-2-9-17-12/h1-9H,(H,17,18,19)/b8-7+. The maximum atomic E-state index is 11.7. The van der Waals surface area contributed by atoms with Crippen LogP contribution in [0.25, 0.3) is 6.08 Å². The molecule has 5 heteroatoms. The lowest BCUT2D eigenvalue weighted by atomic mass is 10.2. The molecule has 0 atom stereocenters. The summed E-state index contributed by atoms with van der Waals surface area (Å²) >= 11 is 11.9. The Morgan fingerprint density at radius 3 is 2.74 bits per heavy atom. The number of pyridine rings is 1. The van der Waals surface area contributed by atoms with Gasteiger partial charge in [-0.05, 0) is 29.8 Å². The molecule has 0 aliphatic heterocycles. The number of aromatic nitrogens is 1. The molecule has 0 unspecified atom stereocenters. The van der Waals surface area contributed by atoms with E-state index in [0.29, 0.717) is 21.4 Å². The maximum Gasteiger partial charge on any atom is 0.249 e. The van der Waals surface area contributed by atoms with Crippen molar-refractivity contribution in [1.82, 2.24) is 4.98 Å². The van der Waals surface area contributed by atoms with Crippen LogP contribution < -0.4 is 5.32 Å². The van der Waals surface area contributed by atoms with E-state index in [0.717, 1.165) is 0 Å². The second kappa shape index (κ2) is 6.36. The van der Waals surface area contributed by atoms with Crippen LogP contribution in [0.2, 0.25) is 10.0 Å². The SMILES string of the molecule is O=C(/C=C/c1cccc(Cl)c1Cl)Nc1ccccn1. The van der Waals surface area contributed by atoms with E-state index >= 15 is 0 Å². The number of nitrogens with zero attached hydrogens (tertiary/aromatic N) is 1. The molecule has 0 aliphatic carbocycles. The molecule has 19 heavy (non-hydrogen) atoms. The van der Waals surface area contributed by atoms with Crippen LogP contribution >= 0.6 is 23.2 Å². The van der Waals surface area contributed by atoms with E-state index in [2.05, 4.69) is 10.3 Å². The Balaban J connectivity index is 2.06. The monoisotopic (exact) mass is 292 g/mol. The summed E-state index contributed by atoms with van der Waals surface area (Å²) in [5.74, 6) is 0.212. The highest BCUT2D eigenvalue weighted by molar-refractivity contribution is 6.42. The summed E-state index contributed by atoms with van der Waals surface area (Å²) in [7, 11) is 0. The van der Waals surface area contributed by atoms with Crippen LogP contribution in [-0.4, -0.2) is 10.9 Å². The van der Waals surface area contributed by atoms with Gasteiger partial charge in [0.25, 0.3) is 0 Å². The van der Waals surface area contributed by atoms with E-state index in [1.54, 1.807) is 48.7 Å². The number of carbonyl (C=O) groups excluding carboxylic acids is 1. The van der Waals surface area contributed by atoms with Gasteiger partial charge in [0.2, 0.25) is 5.91 Å². The first kappa shape index (κ1) is 13.6. The first-order valence-electron chi connectivity index (χ1n) is 5.51. The lowest BCUT2D eigenvalue weighted by Crippen LogP contribution is -2.08. The van der Waals surface area contributed by atoms with Crippen LogP contribution in [-0.2, 0) is 4.79 Å². The van der Waals surface area contributed by atoms with Gasteiger partial charge in [-0.1, -0.05) is 41.4 Å². The first-order valence-corrected chi connectivity index (χ1v) is 6.26. The quantitative estimate of drug-likeness (QED) is 0.868. The Bertz CT molecular complexity index is 612. The second-order valence-corrected chi connectivity index (χ2v) is 4.47. The smallest absolute Gasteiger partial charge is 0.249 e. The zero-order chi connectivity index (χ0) is 13.7. The van der Waals surface area contributed by atoms with E-state index in [-0.39, 0.29) is 5.91 Å². The van der Waals surface area contributed by atoms with Crippen molar-refractivity contribution in [3.63, 3.8) is 0 Å². The minimum absolute atomic E-state index is 0.283. The largest absolute Gasteiger partial charge is 0.307 e. The van der Waals surface area contributed by atoms with Crippen molar-refractivity contribution < 1.29 is 4.79 Å². The van der Waals surface area contributed by atoms with Crippen molar-refractivity contribution in [1.29, 1.82) is 0 Å². The molecule has 0 spiro atoms. The summed E-state index contributed by atoms with van der Waals surface area (Å²) in [6, 6.07) is 10.5. The number of halogens is 2. The minimum Gasteiger partial charge on any atom is -0.307 e. The van der Waals surface area contributed by atoms with Gasteiger partial charge in [0, 0.05) is 12.3 Å². The number of carbonyl (C=O) groups is 1. The third-order valence-electron chi connectivity index (χ3n) is 2.31. The molecule has 1 amide bonds. The number of benzene rings is 1. The molecule has 0 aliphatic rings. The minimum atomic E-state index is -0.283. The predicted molar refractivity (Wildman–Crippen MR) is 78.4 cm³/mol. The Hall–Kier alpha value is -1.84. The molecule has 0 bridgehead atoms. The fourth-order valence-corrected chi connectivity index (χ4v) is 1.79. The van der Waals surface area contributed by atoms with Gasteiger partial charge in [-0.25, -0.2) is 4.98 Å². The highest BCUT2D eigenvalue weighted by Gasteiger charge is 2.02. The van der Waals surface area contributed by atoms with Crippen molar-refractivity contribution >= 4 is 41.0 Å². The van der Waals surface area contributed by atoms with Gasteiger partial charge in [0.05, 0.1) is 10.0 Å². The molecule has 2 rings (SSSR count). The molecule has 1 aromatic carbocycles. The molecule has 1 aromatic heterocycles. The molecule has 1 N–H and O–H groups in total. The lowest BCUT2D eigenvalue weighted by Gasteiger charge is -2.01. The van der Waals surface area contributed by atoms with E-state index < -0.39 is 0 Å². The molecule has 3 nitrogen and oxygen atoms in total. The number of hydrogen-bond donors (Lipinski definition) is 1. The van der Waals surface area contributed by atoms with Gasteiger partial charge in [0.15, 0.2) is 0 Å². The van der Waals surface area contributed by atoms with Gasteiger partial charge in [-0.3, -0.25) is 4.79 Å². The molecule has 96 valence electrons. The molecule has 1 heterocycles. The average Bonchev–Trinajstić information content (AvgIpc) is 2.42. The molecular weight excluding hydrogens is 283 g/mol. The Morgan fingerprint density at radius 1 is 1.16 bits per heavy atom. The lowest BCUT2D eigenvalue weighted by molar-refractivity contribution is -0.111. The average molecular weight is 293 g/mol. The molecule has 0 fully saturated rings. The molecular formula is C14H10Cl2N2O. The van der Waals surface area contributed by atoms with Crippen molar-refractivity contribution in [2.75, 3.05) is 5.32 Å². The van der Waals surface area contributed by atoms with Gasteiger partial charge in [-0.15, -0.1) is 0 Å². The van der Waals surface area contributed by atoms with Crippen LogP contribution in [0.4, 0.5) is 5.82 Å². The van der Waals surface area contributed by atoms with Crippen molar-refractivity contribution in [3.05, 3.63) is 64.3 Å². The Labute approximate surface area is 120 Å². The normalized spacial score (nSPS) is 10.6. The van der Waals surface area contributed by atoms with Crippen LogP contribution in [0.1, 0.15) is 5.56 Å². The van der Waals surface area contributed by atoms with Gasteiger partial charge >= 0.3 is 0 Å². The highest BCUT2D eigenvalue weighted by Crippen LogP contribution is 2.26. The summed E-state index contributed by atoms with van der Waals surface area (Å²) in [4.78, 5) is 15.7. The summed E-state index contributed by atoms with van der Waals surface area (Å²) in [5.41, 5.74) is 0.685. The summed E-state index contributed by atoms with van der Waals surface area (Å²) < 4.78 is 0. The zero-order valence-corrected chi connectivity index (χ0v) is 11.3. The van der Waals surface area contributed by atoms with E-state index in [4.69, 9.17) is 23.2 Å². The molecule has 0 radical (unpaired) electrons. The summed E-state index contributed by atoms with van der Waals surface area (Å²) in [5, 5.41) is 3.51. The number of nitrogens with one attached hydrogen (secondary N) is 1. The topological polar surface area (TPSA) is 42.0 Å². The van der Waals surface area contributed by atoms with Crippen LogP contribution in [0, 0.1) is 0 Å². The van der Waals surface area contributed by atoms with Crippen molar-refractivity contribution in [2.45, 2.75) is 0 Å². The number of rotatable bonds is 3. The van der Waals surface area contributed by atoms with Gasteiger partial charge in [-0.2, -0.15) is 0 Å². The van der Waals surface area contributed by atoms with E-state index in [1.165, 1.54) is 6.08 Å². The number of anilines is 1. The Kier molecular flexibility index (Phi) is 4.55.